The molecule has 0 aliphatic rings. The van der Waals surface area contributed by atoms with Crippen LogP contribution in [-0.2, 0) is 11.2 Å². The minimum Gasteiger partial charge on any atom is -0.497 e. The fourth-order valence-electron chi connectivity index (χ4n) is 2.39. The highest BCUT2D eigenvalue weighted by molar-refractivity contribution is 5.85. The number of benzene rings is 2. The van der Waals surface area contributed by atoms with Gasteiger partial charge in [-0.2, -0.15) is 0 Å². The predicted molar refractivity (Wildman–Crippen MR) is 101 cm³/mol. The van der Waals surface area contributed by atoms with Gasteiger partial charge in [0, 0.05) is 0 Å². The van der Waals surface area contributed by atoms with Gasteiger partial charge in [-0.05, 0) is 48.7 Å². The minimum absolute atomic E-state index is 0. The average Bonchev–Trinajstić information content (AvgIpc) is 2.61. The molecule has 6 heteroatoms. The molecule has 0 aliphatic carbocycles. The molecule has 2 aromatic rings. The Hall–Kier alpha value is -2.24. The molecule has 0 spiro atoms. The Balaban J connectivity index is 0.00000312. The largest absolute Gasteiger partial charge is 0.497 e. The number of hydrogen-bond donors (Lipinski definition) is 2. The maximum atomic E-state index is 12.1. The van der Waals surface area contributed by atoms with E-state index in [2.05, 4.69) is 5.32 Å². The first-order valence-electron chi connectivity index (χ1n) is 7.86. The van der Waals surface area contributed by atoms with Gasteiger partial charge in [0.15, 0.2) is 0 Å². The second-order valence-corrected chi connectivity index (χ2v) is 5.68. The average molecular weight is 365 g/mol. The number of ether oxygens (including phenoxy) is 2. The van der Waals surface area contributed by atoms with Crippen molar-refractivity contribution in [3.8, 4) is 11.5 Å². The van der Waals surface area contributed by atoms with Crippen LogP contribution in [0.1, 0.15) is 24.1 Å². The van der Waals surface area contributed by atoms with Crippen LogP contribution < -0.4 is 20.5 Å². The maximum Gasteiger partial charge on any atom is 0.237 e. The van der Waals surface area contributed by atoms with Gasteiger partial charge in [0.05, 0.1) is 26.3 Å². The third-order valence-corrected chi connectivity index (χ3v) is 3.85. The lowest BCUT2D eigenvalue weighted by Gasteiger charge is -2.21. The van der Waals surface area contributed by atoms with Gasteiger partial charge in [-0.3, -0.25) is 4.79 Å². The van der Waals surface area contributed by atoms with Gasteiger partial charge >= 0.3 is 0 Å². The van der Waals surface area contributed by atoms with Crippen molar-refractivity contribution in [3.63, 3.8) is 0 Å². The number of rotatable bonds is 7. The zero-order valence-corrected chi connectivity index (χ0v) is 15.5. The molecule has 136 valence electrons. The molecule has 1 amide bonds. The molecule has 1 unspecified atom stereocenters. The molecule has 25 heavy (non-hydrogen) atoms. The molecular formula is C19H25ClN2O3. The summed E-state index contributed by atoms with van der Waals surface area (Å²) in [7, 11) is 3.26. The van der Waals surface area contributed by atoms with E-state index in [1.165, 1.54) is 0 Å². The van der Waals surface area contributed by atoms with Crippen molar-refractivity contribution >= 4 is 18.3 Å². The Morgan fingerprint density at radius 1 is 1.00 bits per heavy atom. The molecule has 0 fully saturated rings. The molecule has 5 nitrogen and oxygen atoms in total. The summed E-state index contributed by atoms with van der Waals surface area (Å²) in [6.07, 6.45) is 0.661. The predicted octanol–water partition coefficient (Wildman–Crippen LogP) is 2.87. The van der Waals surface area contributed by atoms with Gasteiger partial charge in [0.25, 0.3) is 0 Å². The number of carbonyl (C=O) groups is 1. The first kappa shape index (κ1) is 20.8. The summed E-state index contributed by atoms with van der Waals surface area (Å²) in [5.41, 5.74) is 7.79. The molecule has 2 atom stereocenters. The van der Waals surface area contributed by atoms with E-state index in [1.807, 2.05) is 48.5 Å². The number of carbonyl (C=O) groups excluding carboxylic acids is 1. The third kappa shape index (κ3) is 5.96. The van der Waals surface area contributed by atoms with E-state index in [9.17, 15) is 4.79 Å². The van der Waals surface area contributed by atoms with Gasteiger partial charge in [0.2, 0.25) is 5.91 Å². The highest BCUT2D eigenvalue weighted by atomic mass is 35.5. The molecule has 0 saturated carbocycles. The van der Waals surface area contributed by atoms with Crippen LogP contribution in [0.4, 0.5) is 0 Å². The highest BCUT2D eigenvalue weighted by Crippen LogP contribution is 2.22. The van der Waals surface area contributed by atoms with Crippen molar-refractivity contribution < 1.29 is 14.3 Å². The smallest absolute Gasteiger partial charge is 0.237 e. The van der Waals surface area contributed by atoms with Gasteiger partial charge in [-0.15, -0.1) is 12.4 Å². The van der Waals surface area contributed by atoms with Crippen LogP contribution in [0.3, 0.4) is 0 Å². The lowest BCUT2D eigenvalue weighted by atomic mass is 9.98. The molecule has 0 heterocycles. The molecule has 0 aliphatic heterocycles. The molecule has 2 rings (SSSR count). The standard InChI is InChI=1S/C19H24N2O3.ClH/c1-13(20)19(22)21-18(15-6-10-17(24-3)11-7-15)12-14-4-8-16(23-2)9-5-14;/h4-11,13,18H,12,20H2,1-3H3,(H,21,22);1H/t13-,18?;/m1./s1. The number of halogens is 1. The summed E-state index contributed by atoms with van der Waals surface area (Å²) in [4.78, 5) is 12.1. The van der Waals surface area contributed by atoms with E-state index in [4.69, 9.17) is 15.2 Å². The SMILES string of the molecule is COc1ccc(CC(NC(=O)[C@@H](C)N)c2ccc(OC)cc2)cc1.Cl. The van der Waals surface area contributed by atoms with E-state index >= 15 is 0 Å². The Bertz CT molecular complexity index is 657. The van der Waals surface area contributed by atoms with E-state index in [0.717, 1.165) is 22.6 Å². The molecule has 0 saturated heterocycles. The van der Waals surface area contributed by atoms with Gasteiger partial charge in [0.1, 0.15) is 11.5 Å². The van der Waals surface area contributed by atoms with Gasteiger partial charge in [-0.1, -0.05) is 24.3 Å². The topological polar surface area (TPSA) is 73.6 Å². The van der Waals surface area contributed by atoms with Crippen LogP contribution in [0.5, 0.6) is 11.5 Å². The Morgan fingerprint density at radius 2 is 1.48 bits per heavy atom. The Labute approximate surface area is 154 Å². The number of nitrogens with one attached hydrogen (secondary N) is 1. The van der Waals surface area contributed by atoms with Crippen molar-refractivity contribution in [2.75, 3.05) is 14.2 Å². The lowest BCUT2D eigenvalue weighted by molar-refractivity contribution is -0.122. The molecule has 2 aromatic carbocycles. The summed E-state index contributed by atoms with van der Waals surface area (Å²) in [5.74, 6) is 1.41. The van der Waals surface area contributed by atoms with E-state index in [-0.39, 0.29) is 24.4 Å². The first-order chi connectivity index (χ1) is 11.5. The number of nitrogens with two attached hydrogens (primary N) is 1. The monoisotopic (exact) mass is 364 g/mol. The molecule has 0 radical (unpaired) electrons. The molecule has 0 aromatic heterocycles. The lowest BCUT2D eigenvalue weighted by Crippen LogP contribution is -2.40. The molecule has 0 bridgehead atoms. The van der Waals surface area contributed by atoms with Gasteiger partial charge in [-0.25, -0.2) is 0 Å². The van der Waals surface area contributed by atoms with Crippen molar-refractivity contribution in [1.29, 1.82) is 0 Å². The summed E-state index contributed by atoms with van der Waals surface area (Å²) in [6.45, 7) is 1.67. The van der Waals surface area contributed by atoms with Crippen LogP contribution in [0, 0.1) is 0 Å². The van der Waals surface area contributed by atoms with Crippen LogP contribution in [0.25, 0.3) is 0 Å². The first-order valence-corrected chi connectivity index (χ1v) is 7.86. The second-order valence-electron chi connectivity index (χ2n) is 5.68. The Morgan fingerprint density at radius 3 is 1.92 bits per heavy atom. The van der Waals surface area contributed by atoms with Crippen molar-refractivity contribution in [2.24, 2.45) is 5.73 Å². The van der Waals surface area contributed by atoms with Crippen molar-refractivity contribution in [3.05, 3.63) is 59.7 Å². The zero-order valence-electron chi connectivity index (χ0n) is 14.7. The summed E-state index contributed by atoms with van der Waals surface area (Å²) in [6, 6.07) is 14.8. The van der Waals surface area contributed by atoms with Crippen LogP contribution in [0.15, 0.2) is 48.5 Å². The van der Waals surface area contributed by atoms with Crippen molar-refractivity contribution in [2.45, 2.75) is 25.4 Å². The van der Waals surface area contributed by atoms with E-state index in [1.54, 1.807) is 21.1 Å². The fraction of sp³-hybridized carbons (Fsp3) is 0.316. The van der Waals surface area contributed by atoms with Crippen LogP contribution in [-0.4, -0.2) is 26.2 Å². The number of amides is 1. The van der Waals surface area contributed by atoms with Crippen molar-refractivity contribution in [1.82, 2.24) is 5.32 Å². The summed E-state index contributed by atoms with van der Waals surface area (Å²) in [5, 5.41) is 3.01. The quantitative estimate of drug-likeness (QED) is 0.792. The van der Waals surface area contributed by atoms with E-state index in [0.29, 0.717) is 6.42 Å². The van der Waals surface area contributed by atoms with Crippen LogP contribution >= 0.6 is 12.4 Å². The second kappa shape index (κ2) is 9.91. The maximum absolute atomic E-state index is 12.1. The molecule has 3 N–H and O–H groups in total. The minimum atomic E-state index is -0.554. The third-order valence-electron chi connectivity index (χ3n) is 3.85. The Kier molecular flexibility index (Phi) is 8.25. The highest BCUT2D eigenvalue weighted by Gasteiger charge is 2.17. The fourth-order valence-corrected chi connectivity index (χ4v) is 2.39. The van der Waals surface area contributed by atoms with E-state index < -0.39 is 6.04 Å². The van der Waals surface area contributed by atoms with Gasteiger partial charge < -0.3 is 20.5 Å². The normalized spacial score (nSPS) is 12.5. The summed E-state index contributed by atoms with van der Waals surface area (Å²) < 4.78 is 10.4. The molecular weight excluding hydrogens is 340 g/mol. The summed E-state index contributed by atoms with van der Waals surface area (Å²) >= 11 is 0. The number of methoxy groups -OCH3 is 2. The number of hydrogen-bond acceptors (Lipinski definition) is 4. The van der Waals surface area contributed by atoms with Crippen LogP contribution in [0.2, 0.25) is 0 Å². The zero-order chi connectivity index (χ0) is 17.5.